The van der Waals surface area contributed by atoms with Crippen LogP contribution < -0.4 is 0 Å². The lowest BCUT2D eigenvalue weighted by Gasteiger charge is -2.18. The Bertz CT molecular complexity index is 600. The predicted octanol–water partition coefficient (Wildman–Crippen LogP) is 4.57. The van der Waals surface area contributed by atoms with Crippen molar-refractivity contribution >= 4 is 50.1 Å². The van der Waals surface area contributed by atoms with E-state index in [0.717, 1.165) is 19.3 Å². The molecular weight excluding hydrogens is 442 g/mol. The molecule has 102 valence electrons. The minimum atomic E-state index is -0.759. The minimum Gasteiger partial charge on any atom is -0.382 e. The van der Waals surface area contributed by atoms with Gasteiger partial charge in [0.2, 0.25) is 0 Å². The second kappa shape index (κ2) is 6.11. The molecule has 2 rings (SSSR count). The van der Waals surface area contributed by atoms with E-state index in [1.807, 2.05) is 30.7 Å². The Hall–Kier alpha value is -0.110. The van der Waals surface area contributed by atoms with Gasteiger partial charge >= 0.3 is 0 Å². The molecule has 1 unspecified atom stereocenters. The number of halogens is 3. The second-order valence-electron chi connectivity index (χ2n) is 4.48. The SMILES string of the molecule is CC(C)n1ncc(Br)c1C(O)c1cc(Cl)ccc1I. The average Bonchev–Trinajstić information content (AvgIpc) is 2.73. The lowest BCUT2D eigenvalue weighted by atomic mass is 10.1. The zero-order chi connectivity index (χ0) is 14.2. The molecule has 1 aromatic heterocycles. The van der Waals surface area contributed by atoms with Gasteiger partial charge in [0.1, 0.15) is 6.10 Å². The summed E-state index contributed by atoms with van der Waals surface area (Å²) in [6, 6.07) is 5.67. The fraction of sp³-hybridized carbons (Fsp3) is 0.308. The van der Waals surface area contributed by atoms with Gasteiger partial charge in [-0.15, -0.1) is 0 Å². The molecule has 0 amide bonds. The van der Waals surface area contributed by atoms with Gasteiger partial charge < -0.3 is 5.11 Å². The summed E-state index contributed by atoms with van der Waals surface area (Å²) >= 11 is 11.7. The predicted molar refractivity (Wildman–Crippen MR) is 88.5 cm³/mol. The number of nitrogens with zero attached hydrogens (tertiary/aromatic N) is 2. The summed E-state index contributed by atoms with van der Waals surface area (Å²) in [5.74, 6) is 0. The molecule has 1 atom stereocenters. The van der Waals surface area contributed by atoms with Gasteiger partial charge in [-0.1, -0.05) is 11.6 Å². The normalized spacial score (nSPS) is 13.0. The monoisotopic (exact) mass is 454 g/mol. The summed E-state index contributed by atoms with van der Waals surface area (Å²) in [6.07, 6.45) is 0.945. The van der Waals surface area contributed by atoms with Crippen LogP contribution in [0.25, 0.3) is 0 Å². The van der Waals surface area contributed by atoms with Crippen molar-refractivity contribution in [1.29, 1.82) is 0 Å². The number of aliphatic hydroxyl groups is 1. The molecule has 0 radical (unpaired) electrons. The first-order chi connectivity index (χ1) is 8.91. The molecule has 0 saturated carbocycles. The quantitative estimate of drug-likeness (QED) is 0.689. The topological polar surface area (TPSA) is 38.0 Å². The standard InChI is InChI=1S/C13H13BrClIN2O/c1-7(2)18-12(10(14)6-17-18)13(19)9-5-8(15)3-4-11(9)16/h3-7,13,19H,1-2H3. The maximum absolute atomic E-state index is 10.6. The number of rotatable bonds is 3. The molecule has 1 aromatic carbocycles. The van der Waals surface area contributed by atoms with Crippen molar-refractivity contribution in [3.63, 3.8) is 0 Å². The third-order valence-electron chi connectivity index (χ3n) is 2.79. The maximum atomic E-state index is 10.6. The first-order valence-corrected chi connectivity index (χ1v) is 8.02. The van der Waals surface area contributed by atoms with Crippen LogP contribution in [0.1, 0.15) is 37.3 Å². The fourth-order valence-corrected chi connectivity index (χ4v) is 3.19. The van der Waals surface area contributed by atoms with Crippen molar-refractivity contribution in [1.82, 2.24) is 9.78 Å². The molecule has 0 saturated heterocycles. The van der Waals surface area contributed by atoms with Crippen molar-refractivity contribution in [3.05, 3.63) is 48.7 Å². The molecular formula is C13H13BrClIN2O. The van der Waals surface area contributed by atoms with E-state index in [4.69, 9.17) is 11.6 Å². The molecule has 0 aliphatic carbocycles. The zero-order valence-electron chi connectivity index (χ0n) is 10.4. The molecule has 2 aromatic rings. The Morgan fingerprint density at radius 1 is 1.42 bits per heavy atom. The molecule has 1 N–H and O–H groups in total. The third kappa shape index (κ3) is 3.15. The Morgan fingerprint density at radius 2 is 2.11 bits per heavy atom. The van der Waals surface area contributed by atoms with Crippen LogP contribution >= 0.6 is 50.1 Å². The summed E-state index contributed by atoms with van der Waals surface area (Å²) in [7, 11) is 0. The largest absolute Gasteiger partial charge is 0.382 e. The summed E-state index contributed by atoms with van der Waals surface area (Å²) in [5.41, 5.74) is 1.53. The van der Waals surface area contributed by atoms with E-state index in [9.17, 15) is 5.11 Å². The van der Waals surface area contributed by atoms with Crippen LogP contribution in [0.3, 0.4) is 0 Å². The second-order valence-corrected chi connectivity index (χ2v) is 6.94. The van der Waals surface area contributed by atoms with E-state index in [0.29, 0.717) is 5.02 Å². The van der Waals surface area contributed by atoms with Gasteiger partial charge in [0.05, 0.1) is 16.4 Å². The minimum absolute atomic E-state index is 0.174. The molecule has 0 aliphatic heterocycles. The molecule has 0 fully saturated rings. The Labute approximate surface area is 139 Å². The van der Waals surface area contributed by atoms with Crippen molar-refractivity contribution in [2.45, 2.75) is 26.0 Å². The van der Waals surface area contributed by atoms with Crippen LogP contribution in [0.5, 0.6) is 0 Å². The van der Waals surface area contributed by atoms with E-state index >= 15 is 0 Å². The summed E-state index contributed by atoms with van der Waals surface area (Å²) < 4.78 is 3.58. The van der Waals surface area contributed by atoms with Crippen LogP contribution in [-0.4, -0.2) is 14.9 Å². The highest BCUT2D eigenvalue weighted by Gasteiger charge is 2.22. The zero-order valence-corrected chi connectivity index (χ0v) is 14.9. The highest BCUT2D eigenvalue weighted by Crippen LogP contribution is 2.33. The van der Waals surface area contributed by atoms with Gasteiger partial charge in [0.25, 0.3) is 0 Å². The smallest absolute Gasteiger partial charge is 0.123 e. The lowest BCUT2D eigenvalue weighted by molar-refractivity contribution is 0.203. The van der Waals surface area contributed by atoms with E-state index in [2.05, 4.69) is 43.6 Å². The average molecular weight is 456 g/mol. The van der Waals surface area contributed by atoms with Gasteiger partial charge in [-0.25, -0.2) is 0 Å². The number of hydrogen-bond donors (Lipinski definition) is 1. The van der Waals surface area contributed by atoms with Gasteiger partial charge in [0, 0.05) is 20.2 Å². The van der Waals surface area contributed by atoms with Gasteiger partial charge in [0.15, 0.2) is 0 Å². The van der Waals surface area contributed by atoms with E-state index in [-0.39, 0.29) is 6.04 Å². The van der Waals surface area contributed by atoms with E-state index in [1.54, 1.807) is 12.3 Å². The van der Waals surface area contributed by atoms with Crippen molar-refractivity contribution < 1.29 is 5.11 Å². The summed E-state index contributed by atoms with van der Waals surface area (Å²) in [6.45, 7) is 4.05. The van der Waals surface area contributed by atoms with E-state index in [1.165, 1.54) is 0 Å². The van der Waals surface area contributed by atoms with Crippen LogP contribution in [-0.2, 0) is 0 Å². The summed E-state index contributed by atoms with van der Waals surface area (Å²) in [4.78, 5) is 0. The van der Waals surface area contributed by atoms with Crippen molar-refractivity contribution in [3.8, 4) is 0 Å². The first kappa shape index (κ1) is 15.3. The van der Waals surface area contributed by atoms with Gasteiger partial charge in [-0.2, -0.15) is 5.10 Å². The number of aliphatic hydroxyl groups excluding tert-OH is 1. The molecule has 1 heterocycles. The fourth-order valence-electron chi connectivity index (χ4n) is 1.89. The van der Waals surface area contributed by atoms with E-state index < -0.39 is 6.10 Å². The number of aromatic nitrogens is 2. The number of hydrogen-bond acceptors (Lipinski definition) is 2. The maximum Gasteiger partial charge on any atom is 0.123 e. The van der Waals surface area contributed by atoms with Gasteiger partial charge in [-0.05, 0) is 70.6 Å². The lowest BCUT2D eigenvalue weighted by Crippen LogP contribution is -2.13. The Kier molecular flexibility index (Phi) is 4.92. The van der Waals surface area contributed by atoms with Crippen LogP contribution in [0.15, 0.2) is 28.9 Å². The Balaban J connectivity index is 2.52. The Morgan fingerprint density at radius 3 is 2.74 bits per heavy atom. The highest BCUT2D eigenvalue weighted by molar-refractivity contribution is 14.1. The van der Waals surface area contributed by atoms with Crippen molar-refractivity contribution in [2.75, 3.05) is 0 Å². The molecule has 3 nitrogen and oxygen atoms in total. The van der Waals surface area contributed by atoms with Crippen LogP contribution in [0, 0.1) is 3.57 Å². The molecule has 19 heavy (non-hydrogen) atoms. The third-order valence-corrected chi connectivity index (χ3v) is 4.62. The molecule has 0 spiro atoms. The van der Waals surface area contributed by atoms with Crippen molar-refractivity contribution in [2.24, 2.45) is 0 Å². The summed E-state index contributed by atoms with van der Waals surface area (Å²) in [5, 5.41) is 15.5. The molecule has 0 bridgehead atoms. The number of benzene rings is 1. The first-order valence-electron chi connectivity index (χ1n) is 5.77. The molecule has 6 heteroatoms. The molecule has 0 aliphatic rings. The van der Waals surface area contributed by atoms with Gasteiger partial charge in [-0.3, -0.25) is 4.68 Å². The van der Waals surface area contributed by atoms with Crippen LogP contribution in [0.2, 0.25) is 5.02 Å². The van der Waals surface area contributed by atoms with Crippen LogP contribution in [0.4, 0.5) is 0 Å². The highest BCUT2D eigenvalue weighted by atomic mass is 127.